The molecule has 0 aliphatic rings. The molecular formula is C15H16N2O2S. The summed E-state index contributed by atoms with van der Waals surface area (Å²) >= 11 is 1.56. The summed E-state index contributed by atoms with van der Waals surface area (Å²) in [6.45, 7) is 3.92. The summed E-state index contributed by atoms with van der Waals surface area (Å²) in [5.41, 5.74) is 4.61. The molecule has 4 nitrogen and oxygen atoms in total. The lowest BCUT2D eigenvalue weighted by Gasteiger charge is -2.08. The highest BCUT2D eigenvalue weighted by atomic mass is 32.1. The van der Waals surface area contributed by atoms with Crippen LogP contribution in [-0.2, 0) is 4.79 Å². The van der Waals surface area contributed by atoms with Crippen molar-refractivity contribution in [1.82, 2.24) is 5.43 Å². The third kappa shape index (κ3) is 4.20. The van der Waals surface area contributed by atoms with Gasteiger partial charge in [-0.25, -0.2) is 5.43 Å². The number of hydrazone groups is 1. The summed E-state index contributed by atoms with van der Waals surface area (Å²) in [5.74, 6) is 0.436. The number of amides is 1. The first-order valence-corrected chi connectivity index (χ1v) is 7.08. The molecule has 2 rings (SSSR count). The number of carbonyl (C=O) groups is 1. The minimum absolute atomic E-state index is 0.0499. The molecule has 1 N–H and O–H groups in total. The highest BCUT2D eigenvalue weighted by Gasteiger charge is 2.03. The fraction of sp³-hybridized carbons (Fsp3) is 0.200. The second-order valence-corrected chi connectivity index (χ2v) is 5.35. The molecule has 0 radical (unpaired) electrons. The third-order valence-electron chi connectivity index (χ3n) is 2.61. The lowest BCUT2D eigenvalue weighted by atomic mass is 10.1. The van der Waals surface area contributed by atoms with Crippen LogP contribution in [-0.4, -0.2) is 18.7 Å². The molecule has 1 amide bonds. The second kappa shape index (κ2) is 6.86. The minimum atomic E-state index is -0.280. The fourth-order valence-electron chi connectivity index (χ4n) is 1.67. The monoisotopic (exact) mass is 288 g/mol. The number of carbonyl (C=O) groups excluding carboxylic acids is 1. The van der Waals surface area contributed by atoms with E-state index in [1.54, 1.807) is 17.6 Å². The van der Waals surface area contributed by atoms with Crippen LogP contribution in [0.15, 0.2) is 40.8 Å². The summed E-state index contributed by atoms with van der Waals surface area (Å²) in [5, 5.41) is 5.82. The Hall–Kier alpha value is -2.14. The molecule has 1 heterocycles. The van der Waals surface area contributed by atoms with Crippen LogP contribution in [0.4, 0.5) is 0 Å². The summed E-state index contributed by atoms with van der Waals surface area (Å²) in [4.78, 5) is 12.6. The largest absolute Gasteiger partial charge is 0.483 e. The molecule has 1 aromatic carbocycles. The summed E-state index contributed by atoms with van der Waals surface area (Å²) in [6, 6.07) is 9.69. The zero-order valence-electron chi connectivity index (χ0n) is 11.4. The Morgan fingerprint density at radius 2 is 2.25 bits per heavy atom. The fourth-order valence-corrected chi connectivity index (χ4v) is 2.25. The van der Waals surface area contributed by atoms with Gasteiger partial charge in [0.2, 0.25) is 0 Å². The second-order valence-electron chi connectivity index (χ2n) is 4.37. The number of hydrogen-bond acceptors (Lipinski definition) is 4. The Morgan fingerprint density at radius 1 is 1.40 bits per heavy atom. The zero-order valence-corrected chi connectivity index (χ0v) is 12.2. The standard InChI is InChI=1S/C15H16N2O2S/c1-11-5-6-14(12(2)8-11)19-10-15(18)17-16-9-13-4-3-7-20-13/h3-9H,10H2,1-2H3,(H,17,18)/b16-9+. The number of nitrogens with one attached hydrogen (secondary N) is 1. The van der Waals surface area contributed by atoms with E-state index in [9.17, 15) is 4.79 Å². The van der Waals surface area contributed by atoms with Crippen LogP contribution in [0.1, 0.15) is 16.0 Å². The van der Waals surface area contributed by atoms with Crippen LogP contribution in [0, 0.1) is 13.8 Å². The maximum Gasteiger partial charge on any atom is 0.277 e. The van der Waals surface area contributed by atoms with Crippen molar-refractivity contribution >= 4 is 23.5 Å². The van der Waals surface area contributed by atoms with Crippen molar-refractivity contribution in [1.29, 1.82) is 0 Å². The lowest BCUT2D eigenvalue weighted by Crippen LogP contribution is -2.24. The van der Waals surface area contributed by atoms with Crippen LogP contribution in [0.25, 0.3) is 0 Å². The number of benzene rings is 1. The van der Waals surface area contributed by atoms with Crippen LogP contribution >= 0.6 is 11.3 Å². The molecule has 0 bridgehead atoms. The number of thiophene rings is 1. The van der Waals surface area contributed by atoms with Crippen molar-refractivity contribution < 1.29 is 9.53 Å². The SMILES string of the molecule is Cc1ccc(OCC(=O)N/N=C/c2cccs2)c(C)c1. The summed E-state index contributed by atoms with van der Waals surface area (Å²) in [7, 11) is 0. The highest BCUT2D eigenvalue weighted by molar-refractivity contribution is 7.11. The van der Waals surface area contributed by atoms with Gasteiger partial charge in [-0.2, -0.15) is 5.10 Å². The van der Waals surface area contributed by atoms with Gasteiger partial charge in [0.25, 0.3) is 5.91 Å². The first-order chi connectivity index (χ1) is 9.65. The molecule has 5 heteroatoms. The first-order valence-electron chi connectivity index (χ1n) is 6.20. The van der Waals surface area contributed by atoms with Crippen LogP contribution in [0.5, 0.6) is 5.75 Å². The molecular weight excluding hydrogens is 272 g/mol. The van der Waals surface area contributed by atoms with E-state index in [4.69, 9.17) is 4.74 Å². The predicted molar refractivity (Wildman–Crippen MR) is 81.5 cm³/mol. The van der Waals surface area contributed by atoms with Gasteiger partial charge in [-0.3, -0.25) is 4.79 Å². The molecule has 20 heavy (non-hydrogen) atoms. The molecule has 2 aromatic rings. The maximum atomic E-state index is 11.6. The topological polar surface area (TPSA) is 50.7 Å². The molecule has 1 aromatic heterocycles. The number of aryl methyl sites for hydroxylation is 2. The molecule has 0 saturated carbocycles. The molecule has 104 valence electrons. The number of nitrogens with zero attached hydrogens (tertiary/aromatic N) is 1. The van der Waals surface area contributed by atoms with Crippen molar-refractivity contribution in [2.45, 2.75) is 13.8 Å². The Balaban J connectivity index is 1.80. The van der Waals surface area contributed by atoms with Crippen molar-refractivity contribution in [3.05, 3.63) is 51.7 Å². The van der Waals surface area contributed by atoms with Gasteiger partial charge in [0, 0.05) is 4.88 Å². The van der Waals surface area contributed by atoms with E-state index in [1.807, 2.05) is 49.6 Å². The Kier molecular flexibility index (Phi) is 4.90. The minimum Gasteiger partial charge on any atom is -0.483 e. The van der Waals surface area contributed by atoms with Crippen molar-refractivity contribution in [3.63, 3.8) is 0 Å². The van der Waals surface area contributed by atoms with E-state index in [1.165, 1.54) is 5.56 Å². The zero-order chi connectivity index (χ0) is 14.4. The average Bonchev–Trinajstić information content (AvgIpc) is 2.91. The predicted octanol–water partition coefficient (Wildman–Crippen LogP) is 2.89. The van der Waals surface area contributed by atoms with Crippen molar-refractivity contribution in [2.75, 3.05) is 6.61 Å². The Bertz CT molecular complexity index is 606. The van der Waals surface area contributed by atoms with E-state index in [0.29, 0.717) is 5.75 Å². The molecule has 0 atom stereocenters. The van der Waals surface area contributed by atoms with Gasteiger partial charge < -0.3 is 4.74 Å². The Labute approximate surface area is 122 Å². The van der Waals surface area contributed by atoms with Crippen LogP contribution in [0.2, 0.25) is 0 Å². The number of ether oxygens (including phenoxy) is 1. The van der Waals surface area contributed by atoms with E-state index >= 15 is 0 Å². The molecule has 0 aliphatic carbocycles. The quantitative estimate of drug-likeness (QED) is 0.679. The lowest BCUT2D eigenvalue weighted by molar-refractivity contribution is -0.123. The smallest absolute Gasteiger partial charge is 0.277 e. The van der Waals surface area contributed by atoms with Gasteiger partial charge in [0.1, 0.15) is 5.75 Å². The molecule has 0 saturated heterocycles. The maximum absolute atomic E-state index is 11.6. The first kappa shape index (κ1) is 14.3. The van der Waals surface area contributed by atoms with E-state index < -0.39 is 0 Å². The van der Waals surface area contributed by atoms with Crippen molar-refractivity contribution in [2.24, 2.45) is 5.10 Å². The number of hydrogen-bond donors (Lipinski definition) is 1. The van der Waals surface area contributed by atoms with Crippen molar-refractivity contribution in [3.8, 4) is 5.75 Å². The number of rotatable bonds is 5. The summed E-state index contributed by atoms with van der Waals surface area (Å²) in [6.07, 6.45) is 1.61. The van der Waals surface area contributed by atoms with E-state index in [-0.39, 0.29) is 12.5 Å². The van der Waals surface area contributed by atoms with Gasteiger partial charge in [0.05, 0.1) is 6.21 Å². The molecule has 0 fully saturated rings. The third-order valence-corrected chi connectivity index (χ3v) is 3.42. The van der Waals surface area contributed by atoms with Gasteiger partial charge in [-0.05, 0) is 36.9 Å². The van der Waals surface area contributed by atoms with Gasteiger partial charge >= 0.3 is 0 Å². The van der Waals surface area contributed by atoms with Gasteiger partial charge in [-0.1, -0.05) is 23.8 Å². The van der Waals surface area contributed by atoms with Crippen LogP contribution in [0.3, 0.4) is 0 Å². The average molecular weight is 288 g/mol. The van der Waals surface area contributed by atoms with E-state index in [2.05, 4.69) is 10.5 Å². The highest BCUT2D eigenvalue weighted by Crippen LogP contribution is 2.18. The summed E-state index contributed by atoms with van der Waals surface area (Å²) < 4.78 is 5.46. The normalized spacial score (nSPS) is 10.7. The molecule has 0 spiro atoms. The van der Waals surface area contributed by atoms with Gasteiger partial charge in [-0.15, -0.1) is 11.3 Å². The van der Waals surface area contributed by atoms with E-state index in [0.717, 1.165) is 10.4 Å². The molecule has 0 unspecified atom stereocenters. The van der Waals surface area contributed by atoms with Crippen LogP contribution < -0.4 is 10.2 Å². The van der Waals surface area contributed by atoms with Gasteiger partial charge in [0.15, 0.2) is 6.61 Å². The Morgan fingerprint density at radius 3 is 2.95 bits per heavy atom. The molecule has 0 aliphatic heterocycles.